The number of likely N-dealkylation sites (N-methyl/N-ethyl adjacent to an activating group) is 1. The second-order valence-electron chi connectivity index (χ2n) is 2.70. The predicted molar refractivity (Wildman–Crippen MR) is 45.4 cm³/mol. The SMILES string of the molecule is CCNC(C)Cc1ncc[nH]1. The third kappa shape index (κ3) is 2.72. The van der Waals surface area contributed by atoms with Crippen LogP contribution in [0.25, 0.3) is 0 Å². The molecule has 1 aromatic heterocycles. The summed E-state index contributed by atoms with van der Waals surface area (Å²) < 4.78 is 0. The van der Waals surface area contributed by atoms with E-state index in [0.29, 0.717) is 6.04 Å². The summed E-state index contributed by atoms with van der Waals surface area (Å²) in [6, 6.07) is 0.506. The molecule has 0 saturated carbocycles. The van der Waals surface area contributed by atoms with Crippen molar-refractivity contribution in [1.29, 1.82) is 0 Å². The largest absolute Gasteiger partial charge is 0.349 e. The molecule has 2 N–H and O–H groups in total. The van der Waals surface area contributed by atoms with E-state index in [1.54, 1.807) is 6.20 Å². The van der Waals surface area contributed by atoms with Crippen LogP contribution in [-0.2, 0) is 6.42 Å². The van der Waals surface area contributed by atoms with Crippen molar-refractivity contribution in [3.63, 3.8) is 0 Å². The van der Waals surface area contributed by atoms with Crippen LogP contribution in [0.4, 0.5) is 0 Å². The lowest BCUT2D eigenvalue weighted by molar-refractivity contribution is 0.554. The summed E-state index contributed by atoms with van der Waals surface area (Å²) in [6.45, 7) is 5.28. The molecule has 3 nitrogen and oxygen atoms in total. The molecular weight excluding hydrogens is 138 g/mol. The summed E-state index contributed by atoms with van der Waals surface area (Å²) in [5, 5.41) is 3.32. The van der Waals surface area contributed by atoms with E-state index in [-0.39, 0.29) is 0 Å². The van der Waals surface area contributed by atoms with Gasteiger partial charge in [0.1, 0.15) is 5.82 Å². The quantitative estimate of drug-likeness (QED) is 0.676. The van der Waals surface area contributed by atoms with Gasteiger partial charge in [-0.3, -0.25) is 0 Å². The van der Waals surface area contributed by atoms with Gasteiger partial charge >= 0.3 is 0 Å². The number of rotatable bonds is 4. The van der Waals surface area contributed by atoms with Crippen LogP contribution in [0.2, 0.25) is 0 Å². The fraction of sp³-hybridized carbons (Fsp3) is 0.625. The molecule has 1 rings (SSSR count). The molecule has 0 aliphatic rings. The zero-order chi connectivity index (χ0) is 8.10. The van der Waals surface area contributed by atoms with Crippen molar-refractivity contribution in [1.82, 2.24) is 15.3 Å². The first kappa shape index (κ1) is 8.27. The Labute approximate surface area is 67.2 Å². The van der Waals surface area contributed by atoms with E-state index in [0.717, 1.165) is 18.8 Å². The second-order valence-corrected chi connectivity index (χ2v) is 2.70. The second kappa shape index (κ2) is 4.13. The van der Waals surface area contributed by atoms with Gasteiger partial charge in [0.2, 0.25) is 0 Å². The molecular formula is C8H15N3. The number of nitrogens with one attached hydrogen (secondary N) is 2. The standard InChI is InChI=1S/C8H15N3/c1-3-9-7(2)6-8-10-4-5-11-8/h4-5,7,9H,3,6H2,1-2H3,(H,10,11). The van der Waals surface area contributed by atoms with Crippen molar-refractivity contribution >= 4 is 0 Å². The number of hydrogen-bond donors (Lipinski definition) is 2. The molecule has 3 heteroatoms. The highest BCUT2D eigenvalue weighted by Crippen LogP contribution is 1.94. The maximum absolute atomic E-state index is 4.14. The zero-order valence-corrected chi connectivity index (χ0v) is 7.09. The maximum Gasteiger partial charge on any atom is 0.107 e. The van der Waals surface area contributed by atoms with Crippen molar-refractivity contribution < 1.29 is 0 Å². The minimum atomic E-state index is 0.506. The Bertz CT molecular complexity index is 181. The Balaban J connectivity index is 2.31. The van der Waals surface area contributed by atoms with Crippen molar-refractivity contribution in [2.75, 3.05) is 6.54 Å². The van der Waals surface area contributed by atoms with E-state index < -0.39 is 0 Å². The van der Waals surface area contributed by atoms with Crippen molar-refractivity contribution in [3.8, 4) is 0 Å². The lowest BCUT2D eigenvalue weighted by Gasteiger charge is -2.09. The van der Waals surface area contributed by atoms with E-state index >= 15 is 0 Å². The normalized spacial score (nSPS) is 13.3. The van der Waals surface area contributed by atoms with Crippen LogP contribution >= 0.6 is 0 Å². The molecule has 0 radical (unpaired) electrons. The monoisotopic (exact) mass is 153 g/mol. The summed E-state index contributed by atoms with van der Waals surface area (Å²) in [5.74, 6) is 1.05. The van der Waals surface area contributed by atoms with Gasteiger partial charge in [-0.05, 0) is 13.5 Å². The molecule has 0 saturated heterocycles. The van der Waals surface area contributed by atoms with Gasteiger partial charge in [-0.1, -0.05) is 6.92 Å². The number of aromatic amines is 1. The highest BCUT2D eigenvalue weighted by atomic mass is 14.9. The molecule has 1 aromatic rings. The van der Waals surface area contributed by atoms with Gasteiger partial charge in [0.15, 0.2) is 0 Å². The van der Waals surface area contributed by atoms with E-state index in [1.165, 1.54) is 0 Å². The highest BCUT2D eigenvalue weighted by Gasteiger charge is 2.01. The number of nitrogens with zero attached hydrogens (tertiary/aromatic N) is 1. The molecule has 11 heavy (non-hydrogen) atoms. The first-order valence-electron chi connectivity index (χ1n) is 4.04. The summed E-state index contributed by atoms with van der Waals surface area (Å²) in [6.07, 6.45) is 4.61. The van der Waals surface area contributed by atoms with Crippen LogP contribution in [0.5, 0.6) is 0 Å². The van der Waals surface area contributed by atoms with Crippen LogP contribution in [0.3, 0.4) is 0 Å². The van der Waals surface area contributed by atoms with E-state index in [1.807, 2.05) is 6.20 Å². The van der Waals surface area contributed by atoms with Crippen LogP contribution in [-0.4, -0.2) is 22.6 Å². The van der Waals surface area contributed by atoms with Crippen LogP contribution in [0.1, 0.15) is 19.7 Å². The van der Waals surface area contributed by atoms with Gasteiger partial charge < -0.3 is 10.3 Å². The molecule has 0 aromatic carbocycles. The van der Waals surface area contributed by atoms with E-state index in [9.17, 15) is 0 Å². The summed E-state index contributed by atoms with van der Waals surface area (Å²) >= 11 is 0. The molecule has 0 aliphatic carbocycles. The highest BCUT2D eigenvalue weighted by molar-refractivity contribution is 4.89. The van der Waals surface area contributed by atoms with Crippen LogP contribution in [0.15, 0.2) is 12.4 Å². The first-order chi connectivity index (χ1) is 5.33. The smallest absolute Gasteiger partial charge is 0.107 e. The molecule has 0 aliphatic heterocycles. The van der Waals surface area contributed by atoms with Crippen molar-refractivity contribution in [2.45, 2.75) is 26.3 Å². The molecule has 1 atom stereocenters. The lowest BCUT2D eigenvalue weighted by atomic mass is 10.2. The number of H-pyrrole nitrogens is 1. The van der Waals surface area contributed by atoms with Gasteiger partial charge in [-0.2, -0.15) is 0 Å². The Morgan fingerprint density at radius 1 is 1.73 bits per heavy atom. The summed E-state index contributed by atoms with van der Waals surface area (Å²) in [7, 11) is 0. The van der Waals surface area contributed by atoms with Gasteiger partial charge in [-0.15, -0.1) is 0 Å². The molecule has 62 valence electrons. The predicted octanol–water partition coefficient (Wildman–Crippen LogP) is 0.950. The van der Waals surface area contributed by atoms with Crippen LogP contribution in [0, 0.1) is 0 Å². The Morgan fingerprint density at radius 2 is 2.55 bits per heavy atom. The maximum atomic E-state index is 4.14. The molecule has 0 fully saturated rings. The average molecular weight is 153 g/mol. The zero-order valence-electron chi connectivity index (χ0n) is 7.09. The molecule has 1 unspecified atom stereocenters. The molecule has 0 amide bonds. The molecule has 0 bridgehead atoms. The Morgan fingerprint density at radius 3 is 3.09 bits per heavy atom. The topological polar surface area (TPSA) is 40.7 Å². The summed E-state index contributed by atoms with van der Waals surface area (Å²) in [4.78, 5) is 7.22. The van der Waals surface area contributed by atoms with Gasteiger partial charge in [-0.25, -0.2) is 4.98 Å². The van der Waals surface area contributed by atoms with Crippen molar-refractivity contribution in [2.24, 2.45) is 0 Å². The average Bonchev–Trinajstić information content (AvgIpc) is 2.40. The third-order valence-electron chi connectivity index (χ3n) is 1.61. The van der Waals surface area contributed by atoms with Gasteiger partial charge in [0, 0.05) is 24.9 Å². The Kier molecular flexibility index (Phi) is 3.11. The Hall–Kier alpha value is -0.830. The number of aromatic nitrogens is 2. The first-order valence-corrected chi connectivity index (χ1v) is 4.04. The fourth-order valence-electron chi connectivity index (χ4n) is 1.12. The molecule has 1 heterocycles. The van der Waals surface area contributed by atoms with Gasteiger partial charge in [0.25, 0.3) is 0 Å². The fourth-order valence-corrected chi connectivity index (χ4v) is 1.12. The van der Waals surface area contributed by atoms with E-state index in [2.05, 4.69) is 29.1 Å². The van der Waals surface area contributed by atoms with Crippen molar-refractivity contribution in [3.05, 3.63) is 18.2 Å². The minimum Gasteiger partial charge on any atom is -0.349 e. The number of imidazole rings is 1. The molecule has 0 spiro atoms. The van der Waals surface area contributed by atoms with E-state index in [4.69, 9.17) is 0 Å². The summed E-state index contributed by atoms with van der Waals surface area (Å²) in [5.41, 5.74) is 0. The number of hydrogen-bond acceptors (Lipinski definition) is 2. The third-order valence-corrected chi connectivity index (χ3v) is 1.61. The van der Waals surface area contributed by atoms with Gasteiger partial charge in [0.05, 0.1) is 0 Å². The minimum absolute atomic E-state index is 0.506. The lowest BCUT2D eigenvalue weighted by Crippen LogP contribution is -2.27. The van der Waals surface area contributed by atoms with Crippen LogP contribution < -0.4 is 5.32 Å².